The van der Waals surface area contributed by atoms with Crippen molar-refractivity contribution in [3.8, 4) is 11.5 Å². The molecule has 0 bridgehead atoms. The average molecular weight is 365 g/mol. The number of rotatable bonds is 3. The molecule has 1 heterocycles. The molecule has 3 rings (SSSR count). The first-order valence-corrected chi connectivity index (χ1v) is 8.30. The summed E-state index contributed by atoms with van der Waals surface area (Å²) in [6.07, 6.45) is 0. The predicted molar refractivity (Wildman–Crippen MR) is 91.3 cm³/mol. The molecule has 108 valence electrons. The molecular formula is C16H13BrO3S. The Balaban J connectivity index is 2.56. The highest BCUT2D eigenvalue weighted by Gasteiger charge is 2.17. The summed E-state index contributed by atoms with van der Waals surface area (Å²) >= 11 is 5.09. The van der Waals surface area contributed by atoms with E-state index < -0.39 is 0 Å². The molecular weight excluding hydrogens is 352 g/mol. The van der Waals surface area contributed by atoms with Crippen LogP contribution in [0.5, 0.6) is 11.5 Å². The number of ether oxygens (including phenoxy) is 2. The van der Waals surface area contributed by atoms with Gasteiger partial charge in [-0.25, -0.2) is 0 Å². The van der Waals surface area contributed by atoms with Gasteiger partial charge in [-0.15, -0.1) is 11.3 Å². The van der Waals surface area contributed by atoms with Gasteiger partial charge in [-0.2, -0.15) is 0 Å². The number of methoxy groups -OCH3 is 2. The first kappa shape index (κ1) is 14.4. The highest BCUT2D eigenvalue weighted by molar-refractivity contribution is 9.08. The highest BCUT2D eigenvalue weighted by Crippen LogP contribution is 2.40. The summed E-state index contributed by atoms with van der Waals surface area (Å²) in [6, 6.07) is 9.42. The molecule has 0 atom stereocenters. The van der Waals surface area contributed by atoms with Crippen molar-refractivity contribution in [3.05, 3.63) is 46.1 Å². The fourth-order valence-corrected chi connectivity index (χ4v) is 4.36. The molecule has 0 aliphatic heterocycles. The minimum absolute atomic E-state index is 0.0301. The first-order valence-electron chi connectivity index (χ1n) is 6.36. The van der Waals surface area contributed by atoms with Gasteiger partial charge in [-0.05, 0) is 18.2 Å². The lowest BCUT2D eigenvalue weighted by atomic mass is 10.1. The maximum Gasteiger partial charge on any atom is 0.196 e. The molecule has 0 unspecified atom stereocenters. The second-order valence-electron chi connectivity index (χ2n) is 4.53. The lowest BCUT2D eigenvalue weighted by Gasteiger charge is -2.14. The van der Waals surface area contributed by atoms with Crippen LogP contribution in [0.2, 0.25) is 0 Å². The zero-order valence-electron chi connectivity index (χ0n) is 11.6. The Hall–Kier alpha value is -1.59. The molecule has 0 saturated heterocycles. The molecule has 3 nitrogen and oxygen atoms in total. The SMILES string of the molecule is COc1cc2c(=O)c3ccccc3sc2c(CBr)c1OC. The van der Waals surface area contributed by atoms with Crippen LogP contribution < -0.4 is 14.9 Å². The minimum Gasteiger partial charge on any atom is -0.493 e. The summed E-state index contributed by atoms with van der Waals surface area (Å²) in [6.45, 7) is 0. The Bertz CT molecular complexity index is 886. The highest BCUT2D eigenvalue weighted by atomic mass is 79.9. The van der Waals surface area contributed by atoms with Crippen LogP contribution in [0.4, 0.5) is 0 Å². The van der Waals surface area contributed by atoms with Crippen LogP contribution in [0.15, 0.2) is 35.1 Å². The molecule has 0 aliphatic carbocycles. The van der Waals surface area contributed by atoms with Gasteiger partial charge in [0.15, 0.2) is 16.9 Å². The van der Waals surface area contributed by atoms with E-state index in [0.717, 1.165) is 20.3 Å². The van der Waals surface area contributed by atoms with Crippen LogP contribution in [0.3, 0.4) is 0 Å². The van der Waals surface area contributed by atoms with Gasteiger partial charge in [-0.3, -0.25) is 4.79 Å². The topological polar surface area (TPSA) is 35.5 Å². The van der Waals surface area contributed by atoms with Crippen LogP contribution in [0, 0.1) is 0 Å². The van der Waals surface area contributed by atoms with Crippen LogP contribution in [-0.2, 0) is 5.33 Å². The third-order valence-corrected chi connectivity index (χ3v) is 5.25. The molecule has 21 heavy (non-hydrogen) atoms. The van der Waals surface area contributed by atoms with Crippen molar-refractivity contribution in [2.75, 3.05) is 14.2 Å². The smallest absolute Gasteiger partial charge is 0.196 e. The van der Waals surface area contributed by atoms with Gasteiger partial charge in [0.05, 0.1) is 14.2 Å². The van der Waals surface area contributed by atoms with E-state index in [1.807, 2.05) is 24.3 Å². The number of benzene rings is 2. The Morgan fingerprint density at radius 3 is 2.57 bits per heavy atom. The van der Waals surface area contributed by atoms with Crippen LogP contribution in [-0.4, -0.2) is 14.2 Å². The van der Waals surface area contributed by atoms with Crippen LogP contribution >= 0.6 is 27.3 Å². The molecule has 0 fully saturated rings. The molecule has 0 aliphatic rings. The van der Waals surface area contributed by atoms with E-state index in [1.54, 1.807) is 31.6 Å². The number of halogens is 1. The summed E-state index contributed by atoms with van der Waals surface area (Å²) < 4.78 is 12.8. The van der Waals surface area contributed by atoms with Crippen molar-refractivity contribution < 1.29 is 9.47 Å². The van der Waals surface area contributed by atoms with Crippen LogP contribution in [0.25, 0.3) is 20.2 Å². The van der Waals surface area contributed by atoms with Gasteiger partial charge in [0.2, 0.25) is 0 Å². The zero-order chi connectivity index (χ0) is 15.0. The van der Waals surface area contributed by atoms with E-state index in [2.05, 4.69) is 15.9 Å². The van der Waals surface area contributed by atoms with Gasteiger partial charge >= 0.3 is 0 Å². The lowest BCUT2D eigenvalue weighted by molar-refractivity contribution is 0.354. The van der Waals surface area contributed by atoms with Crippen molar-refractivity contribution in [1.82, 2.24) is 0 Å². The maximum atomic E-state index is 12.7. The van der Waals surface area contributed by atoms with Gasteiger partial charge in [-0.1, -0.05) is 28.1 Å². The van der Waals surface area contributed by atoms with E-state index >= 15 is 0 Å². The minimum atomic E-state index is 0.0301. The van der Waals surface area contributed by atoms with E-state index in [9.17, 15) is 4.79 Å². The first-order chi connectivity index (χ1) is 10.2. The predicted octanol–water partition coefficient (Wildman–Crippen LogP) is 4.33. The standard InChI is InChI=1S/C16H13BrO3S/c1-19-12-7-10-14(18)9-5-3-4-6-13(9)21-16(10)11(8-17)15(12)20-2/h3-7H,8H2,1-2H3. The number of hydrogen-bond acceptors (Lipinski definition) is 4. The van der Waals surface area contributed by atoms with Crippen molar-refractivity contribution in [2.45, 2.75) is 5.33 Å². The van der Waals surface area contributed by atoms with Crippen LogP contribution in [0.1, 0.15) is 5.56 Å². The number of alkyl halides is 1. The summed E-state index contributed by atoms with van der Waals surface area (Å²) in [5.74, 6) is 1.26. The monoisotopic (exact) mass is 364 g/mol. The molecule has 5 heteroatoms. The molecule has 0 amide bonds. The second-order valence-corrected chi connectivity index (χ2v) is 6.14. The fraction of sp³-hybridized carbons (Fsp3) is 0.188. The van der Waals surface area contributed by atoms with Gasteiger partial charge in [0.1, 0.15) is 0 Å². The second kappa shape index (κ2) is 5.66. The van der Waals surface area contributed by atoms with Crippen molar-refractivity contribution in [2.24, 2.45) is 0 Å². The fourth-order valence-electron chi connectivity index (χ4n) is 2.46. The third kappa shape index (κ3) is 2.21. The zero-order valence-corrected chi connectivity index (χ0v) is 14.0. The molecule has 0 saturated carbocycles. The third-order valence-electron chi connectivity index (χ3n) is 3.44. The number of hydrogen-bond donors (Lipinski definition) is 0. The molecule has 0 radical (unpaired) electrons. The quantitative estimate of drug-likeness (QED) is 0.512. The maximum absolute atomic E-state index is 12.7. The number of fused-ring (bicyclic) bond motifs is 2. The molecule has 1 aromatic heterocycles. The average Bonchev–Trinajstić information content (AvgIpc) is 2.53. The molecule has 2 aromatic carbocycles. The van der Waals surface area contributed by atoms with Gasteiger partial charge in [0, 0.05) is 31.1 Å². The van der Waals surface area contributed by atoms with Crippen molar-refractivity contribution >= 4 is 47.4 Å². The van der Waals surface area contributed by atoms with E-state index in [4.69, 9.17) is 9.47 Å². The van der Waals surface area contributed by atoms with E-state index in [1.165, 1.54) is 0 Å². The normalized spacial score (nSPS) is 11.0. The summed E-state index contributed by atoms with van der Waals surface area (Å²) in [5, 5.41) is 2.01. The van der Waals surface area contributed by atoms with Gasteiger partial charge < -0.3 is 9.47 Å². The lowest BCUT2D eigenvalue weighted by Crippen LogP contribution is -2.04. The van der Waals surface area contributed by atoms with Crippen molar-refractivity contribution in [1.29, 1.82) is 0 Å². The Morgan fingerprint density at radius 1 is 1.14 bits per heavy atom. The Morgan fingerprint density at radius 2 is 1.90 bits per heavy atom. The summed E-state index contributed by atoms with van der Waals surface area (Å²) in [5.41, 5.74) is 0.974. The molecule has 3 aromatic rings. The molecule has 0 N–H and O–H groups in total. The largest absolute Gasteiger partial charge is 0.493 e. The molecule has 0 spiro atoms. The summed E-state index contributed by atoms with van der Waals surface area (Å²) in [4.78, 5) is 12.7. The van der Waals surface area contributed by atoms with Crippen molar-refractivity contribution in [3.63, 3.8) is 0 Å². The van der Waals surface area contributed by atoms with E-state index in [-0.39, 0.29) is 5.43 Å². The summed E-state index contributed by atoms with van der Waals surface area (Å²) in [7, 11) is 3.19. The Kier molecular flexibility index (Phi) is 3.87. The van der Waals surface area contributed by atoms with E-state index in [0.29, 0.717) is 22.2 Å². The van der Waals surface area contributed by atoms with Gasteiger partial charge in [0.25, 0.3) is 0 Å². The Labute approximate surface area is 134 Å².